The number of halogens is 1. The minimum atomic E-state index is -0.747. The zero-order chi connectivity index (χ0) is 21.1. The molecule has 1 heterocycles. The Morgan fingerprint density at radius 1 is 1.23 bits per heavy atom. The van der Waals surface area contributed by atoms with E-state index in [-0.39, 0.29) is 22.4 Å². The monoisotopic (exact) mass is 427 g/mol. The van der Waals surface area contributed by atoms with Crippen LogP contribution in [-0.2, 0) is 10.3 Å². The number of aryl methyl sites for hydroxylation is 1. The van der Waals surface area contributed by atoms with Gasteiger partial charge in [-0.3, -0.25) is 9.59 Å². The molecular weight excluding hydrogens is 402 g/mol. The molecule has 7 heteroatoms. The molecule has 0 radical (unpaired) electrons. The smallest absolute Gasteiger partial charge is 0.303 e. The van der Waals surface area contributed by atoms with Crippen LogP contribution >= 0.6 is 11.6 Å². The van der Waals surface area contributed by atoms with E-state index in [4.69, 9.17) is 11.6 Å². The van der Waals surface area contributed by atoms with E-state index >= 15 is 0 Å². The summed E-state index contributed by atoms with van der Waals surface area (Å²) in [4.78, 5) is 24.9. The molecule has 4 aliphatic rings. The van der Waals surface area contributed by atoms with Gasteiger partial charge in [-0.25, -0.2) is 4.68 Å². The maximum atomic E-state index is 13.3. The van der Waals surface area contributed by atoms with Crippen molar-refractivity contribution in [3.63, 3.8) is 0 Å². The van der Waals surface area contributed by atoms with Crippen LogP contribution in [0.2, 0.25) is 5.02 Å². The molecule has 0 aliphatic heterocycles. The van der Waals surface area contributed by atoms with Crippen LogP contribution in [0.4, 0.5) is 11.4 Å². The number of aromatic nitrogens is 2. The molecule has 0 unspecified atom stereocenters. The van der Waals surface area contributed by atoms with Gasteiger partial charge < -0.3 is 10.4 Å². The van der Waals surface area contributed by atoms with Gasteiger partial charge in [0.1, 0.15) is 5.02 Å². The van der Waals surface area contributed by atoms with E-state index in [1.807, 2.05) is 31.2 Å². The second kappa shape index (κ2) is 6.84. The number of nitrogens with one attached hydrogen (secondary N) is 1. The Balaban J connectivity index is 1.50. The van der Waals surface area contributed by atoms with Crippen LogP contribution in [-0.4, -0.2) is 20.9 Å². The van der Waals surface area contributed by atoms with Gasteiger partial charge in [-0.2, -0.15) is 5.10 Å². The maximum Gasteiger partial charge on any atom is 0.303 e. The van der Waals surface area contributed by atoms with Crippen LogP contribution < -0.4 is 10.9 Å². The second-order valence-electron chi connectivity index (χ2n) is 9.84. The number of rotatable bonds is 5. The Morgan fingerprint density at radius 2 is 1.90 bits per heavy atom. The number of aliphatic carboxylic acids is 1. The van der Waals surface area contributed by atoms with Gasteiger partial charge >= 0.3 is 5.97 Å². The third-order valence-electron chi connectivity index (χ3n) is 7.38. The van der Waals surface area contributed by atoms with Crippen molar-refractivity contribution in [3.8, 4) is 0 Å². The fraction of sp³-hybridized carbons (Fsp3) is 0.522. The zero-order valence-electron chi connectivity index (χ0n) is 17.0. The van der Waals surface area contributed by atoms with Gasteiger partial charge in [0, 0.05) is 5.69 Å². The quantitative estimate of drug-likeness (QED) is 0.721. The SMILES string of the molecule is Cc1ccc(Nc2cnn(C34C[C@H]5C[C@@H](CC(CC(=O)O)(C5)C3)C4)c(=O)c2Cl)cc1. The first-order valence-corrected chi connectivity index (χ1v) is 11.0. The first kappa shape index (κ1) is 19.6. The van der Waals surface area contributed by atoms with Gasteiger partial charge in [-0.15, -0.1) is 0 Å². The van der Waals surface area contributed by atoms with E-state index in [2.05, 4.69) is 10.4 Å². The largest absolute Gasteiger partial charge is 0.481 e. The van der Waals surface area contributed by atoms with Gasteiger partial charge in [0.25, 0.3) is 5.56 Å². The lowest BCUT2D eigenvalue weighted by Crippen LogP contribution is -2.59. The van der Waals surface area contributed by atoms with Crippen LogP contribution in [0, 0.1) is 24.2 Å². The molecule has 6 nitrogen and oxygen atoms in total. The minimum absolute atomic E-state index is 0.133. The molecule has 4 fully saturated rings. The fourth-order valence-electron chi connectivity index (χ4n) is 6.83. The number of carboxylic acid groups (broad SMARTS) is 1. The fourth-order valence-corrected chi connectivity index (χ4v) is 7.00. The van der Waals surface area contributed by atoms with E-state index < -0.39 is 11.5 Å². The molecule has 0 spiro atoms. The van der Waals surface area contributed by atoms with E-state index in [1.54, 1.807) is 10.9 Å². The predicted molar refractivity (Wildman–Crippen MR) is 115 cm³/mol. The predicted octanol–water partition coefficient (Wildman–Crippen LogP) is 4.72. The molecule has 4 aliphatic carbocycles. The third kappa shape index (κ3) is 3.22. The first-order valence-electron chi connectivity index (χ1n) is 10.6. The summed E-state index contributed by atoms with van der Waals surface area (Å²) in [5, 5.41) is 17.4. The van der Waals surface area contributed by atoms with Crippen molar-refractivity contribution in [2.24, 2.45) is 17.3 Å². The number of hydrogen-bond acceptors (Lipinski definition) is 4. The lowest BCUT2D eigenvalue weighted by atomic mass is 9.46. The van der Waals surface area contributed by atoms with Crippen molar-refractivity contribution >= 4 is 28.9 Å². The Labute approximate surface area is 180 Å². The summed E-state index contributed by atoms with van der Waals surface area (Å²) in [6.07, 6.45) is 7.33. The van der Waals surface area contributed by atoms with E-state index in [0.717, 1.165) is 43.4 Å². The van der Waals surface area contributed by atoms with Crippen LogP contribution in [0.5, 0.6) is 0 Å². The van der Waals surface area contributed by atoms with Crippen molar-refractivity contribution in [3.05, 3.63) is 51.4 Å². The van der Waals surface area contributed by atoms with Crippen molar-refractivity contribution in [2.75, 3.05) is 5.32 Å². The molecular formula is C23H26ClN3O3. The van der Waals surface area contributed by atoms with E-state index in [9.17, 15) is 14.7 Å². The molecule has 1 aromatic carbocycles. The van der Waals surface area contributed by atoms with Gasteiger partial charge in [0.15, 0.2) is 0 Å². The first-order chi connectivity index (χ1) is 14.3. The number of carbonyl (C=O) groups is 1. The lowest BCUT2D eigenvalue weighted by molar-refractivity contribution is -0.151. The van der Waals surface area contributed by atoms with Crippen LogP contribution in [0.1, 0.15) is 50.5 Å². The molecule has 0 amide bonds. The highest BCUT2D eigenvalue weighted by atomic mass is 35.5. The van der Waals surface area contributed by atoms with Crippen molar-refractivity contribution in [2.45, 2.75) is 57.4 Å². The number of anilines is 2. The van der Waals surface area contributed by atoms with Crippen LogP contribution in [0.25, 0.3) is 0 Å². The van der Waals surface area contributed by atoms with Gasteiger partial charge in [0.2, 0.25) is 0 Å². The molecule has 158 valence electrons. The Bertz CT molecular complexity index is 1050. The van der Waals surface area contributed by atoms with Gasteiger partial charge in [-0.1, -0.05) is 29.3 Å². The van der Waals surface area contributed by atoms with Crippen molar-refractivity contribution in [1.29, 1.82) is 0 Å². The Kier molecular flexibility index (Phi) is 4.47. The van der Waals surface area contributed by atoms with E-state index in [0.29, 0.717) is 23.9 Å². The number of carboxylic acids is 1. The molecule has 30 heavy (non-hydrogen) atoms. The number of hydrogen-bond donors (Lipinski definition) is 2. The Morgan fingerprint density at radius 3 is 2.53 bits per heavy atom. The highest BCUT2D eigenvalue weighted by Crippen LogP contribution is 2.65. The summed E-state index contributed by atoms with van der Waals surface area (Å²) in [7, 11) is 0. The second-order valence-corrected chi connectivity index (χ2v) is 10.2. The zero-order valence-corrected chi connectivity index (χ0v) is 17.8. The lowest BCUT2D eigenvalue weighted by Gasteiger charge is -2.61. The summed E-state index contributed by atoms with van der Waals surface area (Å²) in [6, 6.07) is 7.85. The van der Waals surface area contributed by atoms with Crippen LogP contribution in [0.3, 0.4) is 0 Å². The normalized spacial score (nSPS) is 31.7. The van der Waals surface area contributed by atoms with Gasteiger partial charge in [0.05, 0.1) is 23.8 Å². The highest BCUT2D eigenvalue weighted by molar-refractivity contribution is 6.33. The number of benzene rings is 1. The van der Waals surface area contributed by atoms with Gasteiger partial charge in [-0.05, 0) is 74.8 Å². The topological polar surface area (TPSA) is 84.2 Å². The Hall–Kier alpha value is -2.34. The van der Waals surface area contributed by atoms with Crippen molar-refractivity contribution in [1.82, 2.24) is 9.78 Å². The third-order valence-corrected chi connectivity index (χ3v) is 7.74. The number of nitrogens with zero attached hydrogens (tertiary/aromatic N) is 2. The maximum absolute atomic E-state index is 13.3. The molecule has 6 rings (SSSR count). The molecule has 4 bridgehead atoms. The molecule has 2 atom stereocenters. The van der Waals surface area contributed by atoms with Crippen LogP contribution in [0.15, 0.2) is 35.3 Å². The summed E-state index contributed by atoms with van der Waals surface area (Å²) >= 11 is 6.51. The molecule has 2 N–H and O–H groups in total. The average Bonchev–Trinajstić information content (AvgIpc) is 2.65. The summed E-state index contributed by atoms with van der Waals surface area (Å²) < 4.78 is 1.59. The van der Waals surface area contributed by atoms with E-state index in [1.165, 1.54) is 0 Å². The summed E-state index contributed by atoms with van der Waals surface area (Å²) in [5.41, 5.74) is 1.56. The van der Waals surface area contributed by atoms with Crippen molar-refractivity contribution < 1.29 is 9.90 Å². The molecule has 2 aromatic rings. The minimum Gasteiger partial charge on any atom is -0.481 e. The molecule has 4 saturated carbocycles. The molecule has 0 saturated heterocycles. The highest BCUT2D eigenvalue weighted by Gasteiger charge is 2.59. The average molecular weight is 428 g/mol. The molecule has 1 aromatic heterocycles. The summed E-state index contributed by atoms with van der Waals surface area (Å²) in [5.74, 6) is 0.176. The summed E-state index contributed by atoms with van der Waals surface area (Å²) in [6.45, 7) is 2.02. The standard InChI is InChI=1S/C23H26ClN3O3/c1-14-2-4-17(5-3-14)26-18-12-25-27(21(30)20(18)24)23-9-15-6-16(10-23)8-22(7-15,13-23)11-19(28)29/h2-5,12,15-16,26H,6-11,13H2,1H3,(H,28,29)/t15-,16-,22?,23?/m0/s1.